The first-order valence-corrected chi connectivity index (χ1v) is 5.46. The van der Waals surface area contributed by atoms with Crippen LogP contribution in [0.15, 0.2) is 4.99 Å². The summed E-state index contributed by atoms with van der Waals surface area (Å²) in [5.41, 5.74) is 6.05. The van der Waals surface area contributed by atoms with Crippen LogP contribution in [0.2, 0.25) is 0 Å². The first kappa shape index (κ1) is 11.3. The van der Waals surface area contributed by atoms with Gasteiger partial charge in [0, 0.05) is 12.6 Å². The first-order chi connectivity index (χ1) is 6.39. The zero-order valence-electron chi connectivity index (χ0n) is 9.80. The zero-order valence-corrected chi connectivity index (χ0v) is 9.80. The molecule has 1 unspecified atom stereocenters. The maximum atomic E-state index is 5.75. The fraction of sp³-hybridized carbons (Fsp3) is 0.909. The summed E-state index contributed by atoms with van der Waals surface area (Å²) in [4.78, 5) is 4.35. The van der Waals surface area contributed by atoms with E-state index in [0.717, 1.165) is 6.54 Å². The molecule has 0 saturated heterocycles. The van der Waals surface area contributed by atoms with Crippen molar-refractivity contribution < 1.29 is 0 Å². The molecule has 0 aliphatic heterocycles. The quantitative estimate of drug-likeness (QED) is 0.535. The van der Waals surface area contributed by atoms with Gasteiger partial charge in [-0.3, -0.25) is 4.99 Å². The van der Waals surface area contributed by atoms with Gasteiger partial charge >= 0.3 is 0 Å². The van der Waals surface area contributed by atoms with E-state index in [4.69, 9.17) is 5.73 Å². The molecule has 0 aromatic rings. The van der Waals surface area contributed by atoms with Crippen LogP contribution in [0.1, 0.15) is 40.5 Å². The Kier molecular flexibility index (Phi) is 3.40. The standard InChI is InChI=1S/C11H23N3/c1-8(11(2,3)4)7-13-10(12)14-9-5-6-9/h8-9H,5-7H2,1-4H3,(H3,12,13,14). The highest BCUT2D eigenvalue weighted by Gasteiger charge is 2.22. The lowest BCUT2D eigenvalue weighted by atomic mass is 9.82. The molecule has 0 bridgehead atoms. The predicted octanol–water partition coefficient (Wildman–Crippen LogP) is 1.74. The van der Waals surface area contributed by atoms with Gasteiger partial charge in [-0.05, 0) is 24.2 Å². The van der Waals surface area contributed by atoms with E-state index < -0.39 is 0 Å². The Balaban J connectivity index is 2.29. The summed E-state index contributed by atoms with van der Waals surface area (Å²) < 4.78 is 0. The monoisotopic (exact) mass is 197 g/mol. The van der Waals surface area contributed by atoms with Gasteiger partial charge in [0.15, 0.2) is 5.96 Å². The van der Waals surface area contributed by atoms with Gasteiger partial charge in [-0.1, -0.05) is 27.7 Å². The van der Waals surface area contributed by atoms with Crippen molar-refractivity contribution >= 4 is 5.96 Å². The molecule has 0 heterocycles. The third-order valence-corrected chi connectivity index (χ3v) is 2.94. The minimum atomic E-state index is 0.309. The topological polar surface area (TPSA) is 50.4 Å². The van der Waals surface area contributed by atoms with Crippen molar-refractivity contribution in [2.45, 2.75) is 46.6 Å². The fourth-order valence-corrected chi connectivity index (χ4v) is 0.992. The van der Waals surface area contributed by atoms with Crippen LogP contribution in [0, 0.1) is 11.3 Å². The number of nitrogens with one attached hydrogen (secondary N) is 1. The average molecular weight is 197 g/mol. The van der Waals surface area contributed by atoms with Crippen molar-refractivity contribution in [2.75, 3.05) is 6.54 Å². The molecule has 1 atom stereocenters. The van der Waals surface area contributed by atoms with E-state index in [0.29, 0.717) is 23.3 Å². The molecule has 1 rings (SSSR count). The van der Waals surface area contributed by atoms with Gasteiger partial charge in [-0.25, -0.2) is 0 Å². The highest BCUT2D eigenvalue weighted by atomic mass is 15.1. The van der Waals surface area contributed by atoms with Crippen LogP contribution in [0.4, 0.5) is 0 Å². The smallest absolute Gasteiger partial charge is 0.188 e. The lowest BCUT2D eigenvalue weighted by molar-refractivity contribution is 0.269. The second kappa shape index (κ2) is 4.20. The summed E-state index contributed by atoms with van der Waals surface area (Å²) in [5, 5.41) is 3.19. The average Bonchev–Trinajstić information content (AvgIpc) is 2.82. The van der Waals surface area contributed by atoms with Crippen LogP contribution < -0.4 is 11.1 Å². The molecule has 3 nitrogen and oxygen atoms in total. The van der Waals surface area contributed by atoms with E-state index >= 15 is 0 Å². The number of guanidine groups is 1. The number of nitrogens with zero attached hydrogens (tertiary/aromatic N) is 1. The maximum Gasteiger partial charge on any atom is 0.188 e. The van der Waals surface area contributed by atoms with E-state index in [9.17, 15) is 0 Å². The van der Waals surface area contributed by atoms with Crippen LogP contribution in [-0.2, 0) is 0 Å². The van der Waals surface area contributed by atoms with Gasteiger partial charge in [0.2, 0.25) is 0 Å². The maximum absolute atomic E-state index is 5.75. The van der Waals surface area contributed by atoms with Gasteiger partial charge in [0.05, 0.1) is 0 Å². The van der Waals surface area contributed by atoms with E-state index in [2.05, 4.69) is 38.0 Å². The molecule has 0 aromatic carbocycles. The molecule has 1 aliphatic carbocycles. The molecular formula is C11H23N3. The van der Waals surface area contributed by atoms with Gasteiger partial charge in [0.1, 0.15) is 0 Å². The lowest BCUT2D eigenvalue weighted by Crippen LogP contribution is -2.34. The minimum Gasteiger partial charge on any atom is -0.370 e. The molecule has 1 aliphatic rings. The van der Waals surface area contributed by atoms with Crippen LogP contribution >= 0.6 is 0 Å². The van der Waals surface area contributed by atoms with Gasteiger partial charge in [-0.15, -0.1) is 0 Å². The SMILES string of the molecule is CC(CN=C(N)NC1CC1)C(C)(C)C. The van der Waals surface area contributed by atoms with Crippen LogP contribution in [-0.4, -0.2) is 18.5 Å². The van der Waals surface area contributed by atoms with E-state index in [1.165, 1.54) is 12.8 Å². The molecule has 0 amide bonds. The normalized spacial score (nSPS) is 20.7. The van der Waals surface area contributed by atoms with Crippen LogP contribution in [0.5, 0.6) is 0 Å². The fourth-order valence-electron chi connectivity index (χ4n) is 0.992. The Labute approximate surface area is 87.2 Å². The molecule has 0 spiro atoms. The number of rotatable bonds is 3. The molecule has 14 heavy (non-hydrogen) atoms. The number of hydrogen-bond acceptors (Lipinski definition) is 1. The molecule has 0 radical (unpaired) electrons. The summed E-state index contributed by atoms with van der Waals surface area (Å²) >= 11 is 0. The van der Waals surface area contributed by atoms with E-state index in [-0.39, 0.29) is 0 Å². The Morgan fingerprint density at radius 2 is 2.07 bits per heavy atom. The molecule has 3 N–H and O–H groups in total. The van der Waals surface area contributed by atoms with Crippen molar-refractivity contribution in [1.29, 1.82) is 0 Å². The molecular weight excluding hydrogens is 174 g/mol. The Morgan fingerprint density at radius 3 is 2.50 bits per heavy atom. The predicted molar refractivity (Wildman–Crippen MR) is 61.3 cm³/mol. The summed E-state index contributed by atoms with van der Waals surface area (Å²) in [6, 6.07) is 0.601. The highest BCUT2D eigenvalue weighted by molar-refractivity contribution is 5.78. The number of hydrogen-bond donors (Lipinski definition) is 2. The minimum absolute atomic E-state index is 0.309. The largest absolute Gasteiger partial charge is 0.370 e. The van der Waals surface area contributed by atoms with Gasteiger partial charge in [0.25, 0.3) is 0 Å². The molecule has 0 aromatic heterocycles. The lowest BCUT2D eigenvalue weighted by Gasteiger charge is -2.25. The van der Waals surface area contributed by atoms with Crippen molar-refractivity contribution in [3.63, 3.8) is 0 Å². The molecule has 3 heteroatoms. The van der Waals surface area contributed by atoms with Crippen LogP contribution in [0.25, 0.3) is 0 Å². The van der Waals surface area contributed by atoms with Crippen molar-refractivity contribution in [1.82, 2.24) is 5.32 Å². The Hall–Kier alpha value is -0.730. The van der Waals surface area contributed by atoms with Crippen LogP contribution in [0.3, 0.4) is 0 Å². The Bertz CT molecular complexity index is 211. The Morgan fingerprint density at radius 1 is 1.50 bits per heavy atom. The highest BCUT2D eigenvalue weighted by Crippen LogP contribution is 2.25. The van der Waals surface area contributed by atoms with Gasteiger partial charge < -0.3 is 11.1 Å². The third-order valence-electron chi connectivity index (χ3n) is 2.94. The summed E-state index contributed by atoms with van der Waals surface area (Å²) in [6.45, 7) is 9.73. The second-order valence-corrected chi connectivity index (χ2v) is 5.41. The van der Waals surface area contributed by atoms with Crippen molar-refractivity contribution in [3.8, 4) is 0 Å². The molecule has 1 saturated carbocycles. The van der Waals surface area contributed by atoms with E-state index in [1.807, 2.05) is 0 Å². The van der Waals surface area contributed by atoms with Gasteiger partial charge in [-0.2, -0.15) is 0 Å². The number of aliphatic imine (C=N–C) groups is 1. The summed E-state index contributed by atoms with van der Waals surface area (Å²) in [6.07, 6.45) is 2.48. The second-order valence-electron chi connectivity index (χ2n) is 5.41. The zero-order chi connectivity index (χ0) is 10.8. The summed E-state index contributed by atoms with van der Waals surface area (Å²) in [5.74, 6) is 1.17. The van der Waals surface area contributed by atoms with Crippen molar-refractivity contribution in [2.24, 2.45) is 22.1 Å². The molecule has 82 valence electrons. The number of nitrogens with two attached hydrogens (primary N) is 1. The van der Waals surface area contributed by atoms with E-state index in [1.54, 1.807) is 0 Å². The third kappa shape index (κ3) is 3.99. The first-order valence-electron chi connectivity index (χ1n) is 5.46. The van der Waals surface area contributed by atoms with Crippen molar-refractivity contribution in [3.05, 3.63) is 0 Å². The molecule has 1 fully saturated rings. The summed E-state index contributed by atoms with van der Waals surface area (Å²) in [7, 11) is 0.